The van der Waals surface area contributed by atoms with Crippen LogP contribution >= 0.6 is 15.9 Å². The Morgan fingerprint density at radius 3 is 2.79 bits per heavy atom. The molecule has 0 unspecified atom stereocenters. The molecule has 0 saturated heterocycles. The second-order valence-corrected chi connectivity index (χ2v) is 5.84. The Balaban J connectivity index is 2.19. The Bertz CT molecular complexity index is 984. The summed E-state index contributed by atoms with van der Waals surface area (Å²) in [6, 6.07) is 10.1. The number of nitrogens with two attached hydrogens (primary N) is 1. The predicted octanol–water partition coefficient (Wildman–Crippen LogP) is 4.34. The number of rotatable bonds is 3. The van der Waals surface area contributed by atoms with Crippen LogP contribution in [-0.4, -0.2) is 12.1 Å². The number of nitrogens with zero attached hydrogens (tertiary/aromatic N) is 2. The number of methoxy groups -OCH3 is 1. The largest absolute Gasteiger partial charge is 0.495 e. The van der Waals surface area contributed by atoms with Crippen LogP contribution in [0.25, 0.3) is 10.9 Å². The minimum absolute atomic E-state index is 0.325. The van der Waals surface area contributed by atoms with Crippen LogP contribution in [0.4, 0.5) is 21.5 Å². The molecule has 120 valence electrons. The Kier molecular flexibility index (Phi) is 4.23. The molecule has 0 amide bonds. The molecule has 0 radical (unpaired) electrons. The van der Waals surface area contributed by atoms with Crippen LogP contribution in [-0.2, 0) is 0 Å². The van der Waals surface area contributed by atoms with Gasteiger partial charge in [-0.2, -0.15) is 5.26 Å². The summed E-state index contributed by atoms with van der Waals surface area (Å²) in [7, 11) is 1.52. The summed E-state index contributed by atoms with van der Waals surface area (Å²) < 4.78 is 18.9. The number of nitrogen functional groups attached to an aromatic ring is 1. The number of pyridine rings is 1. The number of nitriles is 1. The van der Waals surface area contributed by atoms with E-state index in [-0.39, 0.29) is 5.82 Å². The smallest absolute Gasteiger partial charge is 0.144 e. The van der Waals surface area contributed by atoms with Gasteiger partial charge in [0.05, 0.1) is 28.4 Å². The van der Waals surface area contributed by atoms with Crippen LogP contribution < -0.4 is 15.8 Å². The van der Waals surface area contributed by atoms with Gasteiger partial charge in [-0.1, -0.05) is 0 Å². The molecule has 3 rings (SSSR count). The molecule has 0 fully saturated rings. The lowest BCUT2D eigenvalue weighted by atomic mass is 10.1. The van der Waals surface area contributed by atoms with E-state index in [0.717, 1.165) is 0 Å². The minimum Gasteiger partial charge on any atom is -0.495 e. The summed E-state index contributed by atoms with van der Waals surface area (Å²) in [6.45, 7) is 0. The second-order valence-electron chi connectivity index (χ2n) is 4.99. The molecule has 2 aromatic carbocycles. The summed E-state index contributed by atoms with van der Waals surface area (Å²) in [5.74, 6) is 0.143. The van der Waals surface area contributed by atoms with E-state index in [9.17, 15) is 9.65 Å². The van der Waals surface area contributed by atoms with Crippen LogP contribution in [0.2, 0.25) is 0 Å². The quantitative estimate of drug-likeness (QED) is 0.653. The molecule has 3 N–H and O–H groups in total. The molecule has 24 heavy (non-hydrogen) atoms. The molecule has 0 spiro atoms. The van der Waals surface area contributed by atoms with Gasteiger partial charge < -0.3 is 15.8 Å². The molecule has 0 aliphatic rings. The third kappa shape index (κ3) is 2.72. The summed E-state index contributed by atoms with van der Waals surface area (Å²) in [4.78, 5) is 4.26. The first-order chi connectivity index (χ1) is 11.5. The molecule has 5 nitrogen and oxygen atoms in total. The lowest BCUT2D eigenvalue weighted by Crippen LogP contribution is -2.00. The molecular weight excluding hydrogens is 375 g/mol. The van der Waals surface area contributed by atoms with Crippen LogP contribution in [0, 0.1) is 17.1 Å². The minimum atomic E-state index is -0.366. The van der Waals surface area contributed by atoms with E-state index < -0.39 is 0 Å². The highest BCUT2D eigenvalue weighted by Crippen LogP contribution is 2.36. The van der Waals surface area contributed by atoms with E-state index in [1.807, 2.05) is 0 Å². The van der Waals surface area contributed by atoms with Crippen molar-refractivity contribution in [2.24, 2.45) is 0 Å². The van der Waals surface area contributed by atoms with Crippen molar-refractivity contribution in [1.29, 1.82) is 5.26 Å². The van der Waals surface area contributed by atoms with Crippen LogP contribution in [0.1, 0.15) is 5.56 Å². The number of halogens is 2. The third-order valence-electron chi connectivity index (χ3n) is 3.57. The van der Waals surface area contributed by atoms with Gasteiger partial charge >= 0.3 is 0 Å². The lowest BCUT2D eigenvalue weighted by Gasteiger charge is -2.14. The zero-order valence-electron chi connectivity index (χ0n) is 12.6. The Labute approximate surface area is 146 Å². The highest BCUT2D eigenvalue weighted by Gasteiger charge is 2.14. The van der Waals surface area contributed by atoms with Gasteiger partial charge in [0, 0.05) is 17.3 Å². The zero-order valence-corrected chi connectivity index (χ0v) is 14.2. The van der Waals surface area contributed by atoms with E-state index in [1.54, 1.807) is 24.3 Å². The average molecular weight is 387 g/mol. The normalized spacial score (nSPS) is 10.4. The van der Waals surface area contributed by atoms with Gasteiger partial charge in [0.2, 0.25) is 0 Å². The fourth-order valence-corrected chi connectivity index (χ4v) is 2.76. The molecular formula is C17H12BrFN4O. The maximum Gasteiger partial charge on any atom is 0.144 e. The van der Waals surface area contributed by atoms with Gasteiger partial charge in [0.15, 0.2) is 0 Å². The number of nitrogens with one attached hydrogen (secondary N) is 1. The molecule has 0 aliphatic heterocycles. The Morgan fingerprint density at radius 2 is 2.12 bits per heavy atom. The second kappa shape index (κ2) is 6.34. The maximum atomic E-state index is 13.4. The number of hydrogen-bond donors (Lipinski definition) is 2. The van der Waals surface area contributed by atoms with Gasteiger partial charge in [0.1, 0.15) is 23.3 Å². The number of benzene rings is 2. The standard InChI is InChI=1S/C17H12BrFN4O/c1-24-14-5-3-11-16(9(7-20)8-22-17(11)15(14)21)23-10-2-4-13(19)12(18)6-10/h2-6,8H,21H2,1H3,(H,22,23). The Morgan fingerprint density at radius 1 is 1.33 bits per heavy atom. The highest BCUT2D eigenvalue weighted by molar-refractivity contribution is 9.10. The summed E-state index contributed by atoms with van der Waals surface area (Å²) in [5, 5.41) is 13.2. The number of fused-ring (bicyclic) bond motifs is 1. The van der Waals surface area contributed by atoms with Crippen molar-refractivity contribution in [3.8, 4) is 11.8 Å². The summed E-state index contributed by atoms with van der Waals surface area (Å²) in [6.07, 6.45) is 1.44. The molecule has 0 saturated carbocycles. The summed E-state index contributed by atoms with van der Waals surface area (Å²) in [5.41, 5.74) is 8.52. The third-order valence-corrected chi connectivity index (χ3v) is 4.18. The van der Waals surface area contributed by atoms with E-state index in [4.69, 9.17) is 10.5 Å². The number of aromatic nitrogens is 1. The van der Waals surface area contributed by atoms with Gasteiger partial charge in [-0.3, -0.25) is 4.98 Å². The molecule has 3 aromatic rings. The van der Waals surface area contributed by atoms with Gasteiger partial charge in [-0.05, 0) is 46.3 Å². The molecule has 7 heteroatoms. The van der Waals surface area contributed by atoms with Crippen molar-refractivity contribution in [3.05, 3.63) is 52.4 Å². The van der Waals surface area contributed by atoms with Gasteiger partial charge in [-0.25, -0.2) is 4.39 Å². The highest BCUT2D eigenvalue weighted by atomic mass is 79.9. The first-order valence-electron chi connectivity index (χ1n) is 6.92. The van der Waals surface area contributed by atoms with Crippen molar-refractivity contribution < 1.29 is 9.13 Å². The van der Waals surface area contributed by atoms with Crippen molar-refractivity contribution in [3.63, 3.8) is 0 Å². The number of anilines is 3. The maximum absolute atomic E-state index is 13.4. The van der Waals surface area contributed by atoms with Crippen molar-refractivity contribution >= 4 is 43.9 Å². The first-order valence-corrected chi connectivity index (χ1v) is 7.71. The molecule has 0 aliphatic carbocycles. The monoisotopic (exact) mass is 386 g/mol. The average Bonchev–Trinajstić information content (AvgIpc) is 2.59. The topological polar surface area (TPSA) is 84.0 Å². The van der Waals surface area contributed by atoms with E-state index in [0.29, 0.717) is 43.8 Å². The van der Waals surface area contributed by atoms with Crippen molar-refractivity contribution in [2.45, 2.75) is 0 Å². The van der Waals surface area contributed by atoms with Gasteiger partial charge in [0.25, 0.3) is 0 Å². The fourth-order valence-electron chi connectivity index (χ4n) is 2.38. The summed E-state index contributed by atoms with van der Waals surface area (Å²) >= 11 is 3.15. The van der Waals surface area contributed by atoms with Crippen LogP contribution in [0.3, 0.4) is 0 Å². The molecule has 0 atom stereocenters. The number of ether oxygens (including phenoxy) is 1. The molecule has 0 bridgehead atoms. The van der Waals surface area contributed by atoms with Gasteiger partial charge in [-0.15, -0.1) is 0 Å². The van der Waals surface area contributed by atoms with Crippen molar-refractivity contribution in [1.82, 2.24) is 4.98 Å². The Hall–Kier alpha value is -2.85. The number of hydrogen-bond acceptors (Lipinski definition) is 5. The van der Waals surface area contributed by atoms with E-state index >= 15 is 0 Å². The predicted molar refractivity (Wildman–Crippen MR) is 94.8 cm³/mol. The molecule has 1 aromatic heterocycles. The van der Waals surface area contributed by atoms with Crippen LogP contribution in [0.15, 0.2) is 41.0 Å². The zero-order chi connectivity index (χ0) is 17.3. The van der Waals surface area contributed by atoms with E-state index in [1.165, 1.54) is 19.4 Å². The van der Waals surface area contributed by atoms with Crippen molar-refractivity contribution in [2.75, 3.05) is 18.2 Å². The SMILES string of the molecule is COc1ccc2c(Nc3ccc(F)c(Br)c3)c(C#N)cnc2c1N. The molecule has 1 heterocycles. The van der Waals surface area contributed by atoms with E-state index in [2.05, 4.69) is 32.3 Å². The lowest BCUT2D eigenvalue weighted by molar-refractivity contribution is 0.417. The van der Waals surface area contributed by atoms with Crippen LogP contribution in [0.5, 0.6) is 5.75 Å². The first kappa shape index (κ1) is 16.0. The fraction of sp³-hybridized carbons (Fsp3) is 0.0588.